The van der Waals surface area contributed by atoms with Gasteiger partial charge in [-0.2, -0.15) is 25.1 Å². The van der Waals surface area contributed by atoms with Crippen LogP contribution in [0.3, 0.4) is 0 Å². The number of hydroxylamine groups is 4. The summed E-state index contributed by atoms with van der Waals surface area (Å²) in [6.07, 6.45) is 56.0. The first-order valence-corrected chi connectivity index (χ1v) is 34.1. The predicted molar refractivity (Wildman–Crippen MR) is 337 cm³/mol. The van der Waals surface area contributed by atoms with Crippen LogP contribution in [0.15, 0.2) is 0 Å². The van der Waals surface area contributed by atoms with Crippen LogP contribution < -0.4 is 16.0 Å². The van der Waals surface area contributed by atoms with E-state index in [1.54, 1.807) is 0 Å². The van der Waals surface area contributed by atoms with Crippen LogP contribution in [0.25, 0.3) is 0 Å². The van der Waals surface area contributed by atoms with Gasteiger partial charge in [-0.1, -0.05) is 232 Å². The number of aromatic nitrogens is 3. The van der Waals surface area contributed by atoms with E-state index >= 15 is 0 Å². The van der Waals surface area contributed by atoms with Crippen LogP contribution in [-0.4, -0.2) is 91.8 Å². The molecule has 0 aliphatic carbocycles. The van der Waals surface area contributed by atoms with Gasteiger partial charge in [0.25, 0.3) is 0 Å². The highest BCUT2D eigenvalue weighted by molar-refractivity contribution is 5.42. The second-order valence-electron chi connectivity index (χ2n) is 27.5. The smallest absolute Gasteiger partial charge is 0.229 e. The molecule has 4 N–H and O–H groups in total. The molecule has 0 radical (unpaired) electrons. The van der Waals surface area contributed by atoms with Gasteiger partial charge in [0.05, 0.1) is 19.8 Å². The van der Waals surface area contributed by atoms with Gasteiger partial charge in [-0.05, 0) is 119 Å². The first-order valence-electron chi connectivity index (χ1n) is 34.1. The summed E-state index contributed by atoms with van der Waals surface area (Å²) in [6, 6.07) is 0. The summed E-state index contributed by atoms with van der Waals surface area (Å²) in [4.78, 5) is 27.3. The van der Waals surface area contributed by atoms with Crippen molar-refractivity contribution in [3.8, 4) is 0 Å². The van der Waals surface area contributed by atoms with Crippen molar-refractivity contribution in [2.24, 2.45) is 11.8 Å². The van der Waals surface area contributed by atoms with E-state index in [0.717, 1.165) is 90.5 Å². The fourth-order valence-corrected chi connectivity index (χ4v) is 14.0. The van der Waals surface area contributed by atoms with Crippen LogP contribution in [0.2, 0.25) is 0 Å². The van der Waals surface area contributed by atoms with Crippen LogP contribution in [0.4, 0.5) is 17.8 Å². The Hall–Kier alpha value is -1.79. The zero-order chi connectivity index (χ0) is 56.6. The number of aliphatic hydroxyl groups excluding tert-OH is 1. The van der Waals surface area contributed by atoms with Crippen molar-refractivity contribution < 1.29 is 14.8 Å². The van der Waals surface area contributed by atoms with Gasteiger partial charge >= 0.3 is 0 Å². The number of rotatable bonds is 51. The molecule has 11 heteroatoms. The molecule has 1 aromatic heterocycles. The lowest BCUT2D eigenvalue weighted by Crippen LogP contribution is -2.60. The Balaban J connectivity index is 1.26. The lowest BCUT2D eigenvalue weighted by molar-refractivity contribution is -0.288. The normalized spacial score (nSPS) is 17.7. The van der Waals surface area contributed by atoms with Crippen molar-refractivity contribution >= 4 is 17.8 Å². The van der Waals surface area contributed by atoms with Gasteiger partial charge in [-0.3, -0.25) is 9.68 Å². The molecule has 2 fully saturated rings. The Morgan fingerprint density at radius 1 is 0.359 bits per heavy atom. The molecule has 0 amide bonds. The van der Waals surface area contributed by atoms with Crippen LogP contribution >= 0.6 is 0 Å². The monoisotopic (exact) mass is 1100 g/mol. The molecule has 2 saturated heterocycles. The van der Waals surface area contributed by atoms with Crippen LogP contribution in [-0.2, 0) is 9.68 Å². The Morgan fingerprint density at radius 3 is 0.859 bits per heavy atom. The minimum Gasteiger partial charge on any atom is -0.395 e. The molecule has 2 aliphatic rings. The van der Waals surface area contributed by atoms with Gasteiger partial charge in [0.15, 0.2) is 0 Å². The van der Waals surface area contributed by atoms with Crippen molar-refractivity contribution in [2.45, 2.75) is 361 Å². The third kappa shape index (κ3) is 31.6. The van der Waals surface area contributed by atoms with E-state index in [9.17, 15) is 5.11 Å². The van der Waals surface area contributed by atoms with Gasteiger partial charge in [0.2, 0.25) is 17.8 Å². The second-order valence-corrected chi connectivity index (χ2v) is 27.5. The highest BCUT2D eigenvalue weighted by atomic mass is 16.7. The largest absolute Gasteiger partial charge is 0.395 e. The summed E-state index contributed by atoms with van der Waals surface area (Å²) in [6.45, 7) is 27.4. The Labute approximate surface area is 484 Å². The molecule has 458 valence electrons. The molecular formula is C67H132N8O3. The molecule has 2 aliphatic heterocycles. The minimum absolute atomic E-state index is 0.0115. The molecule has 0 bridgehead atoms. The molecule has 0 atom stereocenters. The fraction of sp³-hybridized carbons (Fsp3) is 0.955. The highest BCUT2D eigenvalue weighted by Gasteiger charge is 2.47. The number of nitrogens with zero attached hydrogens (tertiary/aromatic N) is 5. The number of unbranched alkanes of at least 4 members (excludes halogenated alkanes) is 32. The van der Waals surface area contributed by atoms with Crippen LogP contribution in [0, 0.1) is 11.8 Å². The topological polar surface area (TPSA) is 120 Å². The number of nitrogens with one attached hydrogen (secondary N) is 3. The summed E-state index contributed by atoms with van der Waals surface area (Å²) in [5.41, 5.74) is 0.0460. The van der Waals surface area contributed by atoms with E-state index in [2.05, 4.69) is 105 Å². The molecule has 3 rings (SSSR count). The molecule has 1 aromatic rings. The highest BCUT2D eigenvalue weighted by Crippen LogP contribution is 2.45. The van der Waals surface area contributed by atoms with E-state index in [-0.39, 0.29) is 28.8 Å². The number of anilines is 3. The summed E-state index contributed by atoms with van der Waals surface area (Å²) in [5, 5.41) is 24.4. The Morgan fingerprint density at radius 2 is 0.603 bits per heavy atom. The van der Waals surface area contributed by atoms with E-state index in [0.29, 0.717) is 36.2 Å². The van der Waals surface area contributed by atoms with E-state index in [4.69, 9.17) is 14.7 Å². The van der Waals surface area contributed by atoms with Crippen molar-refractivity contribution in [2.75, 3.05) is 55.4 Å². The van der Waals surface area contributed by atoms with Crippen LogP contribution in [0.1, 0.15) is 339 Å². The molecular weight excluding hydrogens is 965 g/mol. The maximum atomic E-state index is 9.52. The standard InChI is InChI=1S/C67H132N8O3/c1-11-13-15-17-19-21-23-25-27-29-31-33-35-37-39-45-53-77-74-64(3,4)55-59(56-65(74,5)6)47-41-43-49-68-61-71-62(73-63(72-61)70-51-52-76)69-50-44-42-48-60-57-66(7,8)75(67(9,10)58-60)78-54-46-40-38-36-34-32-30-28-26-24-22-20-18-16-14-12-2/h59-60,76H,11-58H2,1-10H3,(H3,68,69,70,71,72,73). The fourth-order valence-electron chi connectivity index (χ4n) is 14.0. The third-order valence-corrected chi connectivity index (χ3v) is 17.5. The first kappa shape index (κ1) is 70.5. The van der Waals surface area contributed by atoms with Crippen molar-refractivity contribution in [1.82, 2.24) is 25.1 Å². The zero-order valence-corrected chi connectivity index (χ0v) is 53.6. The summed E-state index contributed by atoms with van der Waals surface area (Å²) >= 11 is 0. The maximum absolute atomic E-state index is 9.52. The minimum atomic E-state index is 0.0115. The summed E-state index contributed by atoms with van der Waals surface area (Å²) < 4.78 is 0. The van der Waals surface area contributed by atoms with Gasteiger partial charge in [0.1, 0.15) is 0 Å². The van der Waals surface area contributed by atoms with E-state index in [1.807, 2.05) is 0 Å². The molecule has 0 spiro atoms. The zero-order valence-electron chi connectivity index (χ0n) is 53.6. The molecule has 0 aromatic carbocycles. The lowest BCUT2D eigenvalue weighted by atomic mass is 9.73. The van der Waals surface area contributed by atoms with Gasteiger partial charge in [0, 0.05) is 41.8 Å². The molecule has 78 heavy (non-hydrogen) atoms. The second kappa shape index (κ2) is 42.1. The van der Waals surface area contributed by atoms with Crippen molar-refractivity contribution in [3.05, 3.63) is 0 Å². The Bertz CT molecular complexity index is 1430. The van der Waals surface area contributed by atoms with Gasteiger partial charge < -0.3 is 21.1 Å². The van der Waals surface area contributed by atoms with Crippen molar-refractivity contribution in [1.29, 1.82) is 0 Å². The summed E-state index contributed by atoms with van der Waals surface area (Å²) in [7, 11) is 0. The number of piperidine rings is 2. The average molecular weight is 1100 g/mol. The summed E-state index contributed by atoms with van der Waals surface area (Å²) in [5.74, 6) is 3.01. The van der Waals surface area contributed by atoms with Crippen molar-refractivity contribution in [3.63, 3.8) is 0 Å². The van der Waals surface area contributed by atoms with Gasteiger partial charge in [-0.25, -0.2) is 0 Å². The molecule has 3 heterocycles. The van der Waals surface area contributed by atoms with E-state index < -0.39 is 0 Å². The molecule has 11 nitrogen and oxygen atoms in total. The Kier molecular flexibility index (Phi) is 38.0. The predicted octanol–water partition coefficient (Wildman–Crippen LogP) is 19.4. The van der Waals surface area contributed by atoms with E-state index in [1.165, 1.54) is 205 Å². The lowest BCUT2D eigenvalue weighted by Gasteiger charge is -2.54. The average Bonchev–Trinajstić information content (AvgIpc) is 3.39. The number of hydrogen-bond donors (Lipinski definition) is 4. The molecule has 0 unspecified atom stereocenters. The first-order chi connectivity index (χ1) is 37.6. The number of hydrogen-bond acceptors (Lipinski definition) is 11. The third-order valence-electron chi connectivity index (χ3n) is 17.5. The van der Waals surface area contributed by atoms with Crippen LogP contribution in [0.5, 0.6) is 0 Å². The SMILES string of the molecule is CCCCCCCCCCCCCCCCCCON1C(C)(C)CC(CCCCNc2nc(NCCO)nc(NCCCCC3CC(C)(C)N(OCCCCCCCCCCCCCCCCCC)C(C)(C)C3)n2)CC1(C)C. The maximum Gasteiger partial charge on any atom is 0.229 e. The molecule has 0 saturated carbocycles. The van der Waals surface area contributed by atoms with Gasteiger partial charge in [-0.15, -0.1) is 0 Å². The number of aliphatic hydroxyl groups is 1. The quantitative estimate of drug-likeness (QED) is 0.0467.